The van der Waals surface area contributed by atoms with Gasteiger partial charge in [0, 0.05) is 0 Å². The van der Waals surface area contributed by atoms with E-state index in [2.05, 4.69) is 82.3 Å². The third kappa shape index (κ3) is 4.55. The average Bonchev–Trinajstić information content (AvgIpc) is 2.90. The third-order valence-electron chi connectivity index (χ3n) is 4.37. The number of rotatable bonds is 3. The van der Waals surface area contributed by atoms with Gasteiger partial charge in [0.05, 0.1) is 0 Å². The van der Waals surface area contributed by atoms with E-state index in [1.165, 1.54) is 27.8 Å². The molecule has 1 aliphatic rings. The SMILES string of the molecule is CC(C)c1[c-]c(C(C)C)c(C2C=Cc3ccccc32)cc1.[Cl-].[Cl-].[Ti+3]. The molecule has 0 N–H and O–H groups in total. The van der Waals surface area contributed by atoms with Crippen molar-refractivity contribution >= 4 is 6.08 Å². The fourth-order valence-corrected chi connectivity index (χ4v) is 3.14. The van der Waals surface area contributed by atoms with Crippen LogP contribution >= 0.6 is 0 Å². The Hall–Kier alpha value is -0.526. The Morgan fingerprint density at radius 2 is 1.50 bits per heavy atom. The van der Waals surface area contributed by atoms with Gasteiger partial charge >= 0.3 is 21.7 Å². The normalized spacial score (nSPS) is 14.7. The molecular formula is C21H23Cl2Ti. The van der Waals surface area contributed by atoms with Gasteiger partial charge in [0.1, 0.15) is 0 Å². The van der Waals surface area contributed by atoms with Crippen molar-refractivity contribution in [1.29, 1.82) is 0 Å². The molecule has 125 valence electrons. The molecule has 3 heteroatoms. The predicted molar refractivity (Wildman–Crippen MR) is 90.8 cm³/mol. The van der Waals surface area contributed by atoms with Crippen molar-refractivity contribution in [1.82, 2.24) is 0 Å². The summed E-state index contributed by atoms with van der Waals surface area (Å²) in [5, 5.41) is 0. The summed E-state index contributed by atoms with van der Waals surface area (Å²) in [5.41, 5.74) is 6.87. The summed E-state index contributed by atoms with van der Waals surface area (Å²) in [6.45, 7) is 9.01. The third-order valence-corrected chi connectivity index (χ3v) is 4.37. The molecule has 0 spiro atoms. The molecule has 0 nitrogen and oxygen atoms in total. The second-order valence-corrected chi connectivity index (χ2v) is 6.56. The van der Waals surface area contributed by atoms with Crippen molar-refractivity contribution < 1.29 is 46.5 Å². The van der Waals surface area contributed by atoms with E-state index < -0.39 is 0 Å². The molecule has 0 aromatic heterocycles. The van der Waals surface area contributed by atoms with E-state index in [-0.39, 0.29) is 46.5 Å². The summed E-state index contributed by atoms with van der Waals surface area (Å²) >= 11 is 0. The van der Waals surface area contributed by atoms with Crippen LogP contribution in [0.2, 0.25) is 0 Å². The van der Waals surface area contributed by atoms with E-state index in [1.807, 2.05) is 0 Å². The van der Waals surface area contributed by atoms with Crippen LogP contribution in [0.5, 0.6) is 0 Å². The minimum Gasteiger partial charge on any atom is -1.00 e. The summed E-state index contributed by atoms with van der Waals surface area (Å²) < 4.78 is 0. The molecule has 0 saturated carbocycles. The Labute approximate surface area is 173 Å². The molecule has 1 radical (unpaired) electrons. The van der Waals surface area contributed by atoms with Crippen LogP contribution in [0.1, 0.15) is 73.3 Å². The van der Waals surface area contributed by atoms with Crippen LogP contribution in [0.3, 0.4) is 0 Å². The maximum atomic E-state index is 3.69. The van der Waals surface area contributed by atoms with Gasteiger partial charge in [0.2, 0.25) is 0 Å². The zero-order valence-corrected chi connectivity index (χ0v) is 17.7. The van der Waals surface area contributed by atoms with Gasteiger partial charge in [-0.15, -0.1) is 5.56 Å². The predicted octanol–water partition coefficient (Wildman–Crippen LogP) is -0.102. The zero-order chi connectivity index (χ0) is 15.0. The fourth-order valence-electron chi connectivity index (χ4n) is 3.14. The van der Waals surface area contributed by atoms with E-state index in [4.69, 9.17) is 0 Å². The van der Waals surface area contributed by atoms with Crippen molar-refractivity contribution in [2.75, 3.05) is 0 Å². The van der Waals surface area contributed by atoms with Gasteiger partial charge < -0.3 is 24.8 Å². The van der Waals surface area contributed by atoms with Crippen LogP contribution in [0.25, 0.3) is 6.08 Å². The molecule has 0 saturated heterocycles. The molecule has 0 aliphatic heterocycles. The van der Waals surface area contributed by atoms with Crippen LogP contribution in [0.4, 0.5) is 0 Å². The van der Waals surface area contributed by atoms with Crippen LogP contribution in [0, 0.1) is 6.07 Å². The fraction of sp³-hybridized carbons (Fsp3) is 0.333. The molecule has 2 aromatic rings. The number of benzene rings is 2. The summed E-state index contributed by atoms with van der Waals surface area (Å²) in [5.74, 6) is 1.42. The van der Waals surface area contributed by atoms with Gasteiger partial charge in [0.25, 0.3) is 0 Å². The molecular weight excluding hydrogens is 371 g/mol. The van der Waals surface area contributed by atoms with Crippen LogP contribution in [-0.2, 0) is 21.7 Å². The maximum absolute atomic E-state index is 3.69. The van der Waals surface area contributed by atoms with Crippen molar-refractivity contribution in [3.63, 3.8) is 0 Å². The number of fused-ring (bicyclic) bond motifs is 1. The first-order chi connectivity index (χ1) is 10.1. The summed E-state index contributed by atoms with van der Waals surface area (Å²) in [7, 11) is 0. The van der Waals surface area contributed by atoms with E-state index in [0.717, 1.165) is 0 Å². The van der Waals surface area contributed by atoms with Gasteiger partial charge in [-0.1, -0.05) is 64.1 Å². The van der Waals surface area contributed by atoms with Gasteiger partial charge in [-0.05, 0) is 28.9 Å². The van der Waals surface area contributed by atoms with Crippen molar-refractivity contribution in [2.24, 2.45) is 0 Å². The van der Waals surface area contributed by atoms with Crippen LogP contribution < -0.4 is 24.8 Å². The van der Waals surface area contributed by atoms with Gasteiger partial charge in [-0.25, -0.2) is 0 Å². The number of halogens is 2. The number of hydrogen-bond acceptors (Lipinski definition) is 0. The summed E-state index contributed by atoms with van der Waals surface area (Å²) in [6, 6.07) is 17.0. The smallest absolute Gasteiger partial charge is 1.00 e. The van der Waals surface area contributed by atoms with Crippen LogP contribution in [-0.4, -0.2) is 0 Å². The van der Waals surface area contributed by atoms with E-state index in [9.17, 15) is 0 Å². The minimum absolute atomic E-state index is 0. The second-order valence-electron chi connectivity index (χ2n) is 6.56. The monoisotopic (exact) mass is 393 g/mol. The first kappa shape index (κ1) is 23.5. The first-order valence-corrected chi connectivity index (χ1v) is 7.91. The Balaban J connectivity index is 0.00000176. The molecule has 2 aromatic carbocycles. The molecule has 1 unspecified atom stereocenters. The molecule has 0 heterocycles. The van der Waals surface area contributed by atoms with E-state index in [0.29, 0.717) is 17.8 Å². The molecule has 0 amide bonds. The van der Waals surface area contributed by atoms with Crippen molar-refractivity contribution in [3.05, 3.63) is 76.4 Å². The standard InChI is InChI=1S/C21H23.2ClH.Ti/c1-14(2)17-10-12-20(21(13-17)15(3)4)19-11-9-16-7-5-6-8-18(16)19;;;/h5-12,14-15,19H,1-4H3;2*1H;/q-1;;;+3/p-2. The molecule has 0 bridgehead atoms. The molecule has 3 rings (SSSR count). The van der Waals surface area contributed by atoms with Crippen molar-refractivity contribution in [2.45, 2.75) is 45.4 Å². The van der Waals surface area contributed by atoms with Gasteiger partial charge in [-0.2, -0.15) is 29.3 Å². The Morgan fingerprint density at radius 3 is 2.12 bits per heavy atom. The quantitative estimate of drug-likeness (QED) is 0.504. The zero-order valence-electron chi connectivity index (χ0n) is 14.6. The molecule has 1 aliphatic carbocycles. The second kappa shape index (κ2) is 9.83. The summed E-state index contributed by atoms with van der Waals surface area (Å²) in [4.78, 5) is 0. The van der Waals surface area contributed by atoms with E-state index in [1.54, 1.807) is 0 Å². The number of allylic oxidation sites excluding steroid dienone is 1. The largest absolute Gasteiger partial charge is 3.00 e. The van der Waals surface area contributed by atoms with Crippen LogP contribution in [0.15, 0.2) is 42.5 Å². The minimum atomic E-state index is 0. The van der Waals surface area contributed by atoms with Crippen molar-refractivity contribution in [3.8, 4) is 0 Å². The Bertz CT molecular complexity index is 690. The molecule has 1 atom stereocenters. The molecule has 24 heavy (non-hydrogen) atoms. The van der Waals surface area contributed by atoms with Gasteiger partial charge in [-0.3, -0.25) is 0 Å². The van der Waals surface area contributed by atoms with E-state index >= 15 is 0 Å². The van der Waals surface area contributed by atoms with Gasteiger partial charge in [0.15, 0.2) is 0 Å². The maximum Gasteiger partial charge on any atom is 3.00 e. The summed E-state index contributed by atoms with van der Waals surface area (Å²) in [6.07, 6.45) is 4.58. The first-order valence-electron chi connectivity index (χ1n) is 7.91. The molecule has 0 fully saturated rings. The topological polar surface area (TPSA) is 0 Å². The Kier molecular flexibility index (Phi) is 9.61. The number of hydrogen-bond donors (Lipinski definition) is 0. The average molecular weight is 394 g/mol. The Morgan fingerprint density at radius 1 is 0.833 bits per heavy atom.